The highest BCUT2D eigenvalue weighted by Crippen LogP contribution is 2.12. The van der Waals surface area contributed by atoms with E-state index in [0.29, 0.717) is 6.54 Å². The van der Waals surface area contributed by atoms with Gasteiger partial charge in [0.1, 0.15) is 11.5 Å². The summed E-state index contributed by atoms with van der Waals surface area (Å²) in [6.07, 6.45) is 2.03. The van der Waals surface area contributed by atoms with E-state index in [1.165, 1.54) is 7.11 Å². The van der Waals surface area contributed by atoms with E-state index in [1.54, 1.807) is 11.8 Å². The Labute approximate surface area is 93.4 Å². The molecular weight excluding hydrogens is 214 g/mol. The summed E-state index contributed by atoms with van der Waals surface area (Å²) in [5.41, 5.74) is 0. The van der Waals surface area contributed by atoms with E-state index in [0.717, 1.165) is 17.3 Å². The molecule has 1 aromatic rings. The molecule has 0 unspecified atom stereocenters. The smallest absolute Gasteiger partial charge is 0.319 e. The van der Waals surface area contributed by atoms with Crippen LogP contribution in [0.2, 0.25) is 0 Å². The fraction of sp³-hybridized carbons (Fsp3) is 0.500. The number of nitrogens with one attached hydrogen (secondary N) is 1. The molecule has 0 radical (unpaired) electrons. The minimum atomic E-state index is -0.272. The van der Waals surface area contributed by atoms with E-state index in [9.17, 15) is 4.79 Å². The van der Waals surface area contributed by atoms with Gasteiger partial charge in [-0.1, -0.05) is 0 Å². The van der Waals surface area contributed by atoms with Crippen molar-refractivity contribution in [1.82, 2.24) is 5.32 Å². The molecule has 0 saturated carbocycles. The first-order chi connectivity index (χ1) is 7.26. The monoisotopic (exact) mass is 229 g/mol. The molecule has 0 fully saturated rings. The van der Waals surface area contributed by atoms with Crippen molar-refractivity contribution >= 4 is 17.7 Å². The molecule has 0 atom stereocenters. The molecule has 15 heavy (non-hydrogen) atoms. The molecule has 0 spiro atoms. The third-order valence-corrected chi connectivity index (χ3v) is 2.37. The lowest BCUT2D eigenvalue weighted by Crippen LogP contribution is -2.23. The maximum absolute atomic E-state index is 10.8. The standard InChI is InChI=1S/C10H15NO3S/c1-13-10(12)6-11-5-8-3-4-9(14-8)7-15-2/h3-4,11H,5-7H2,1-2H3. The lowest BCUT2D eigenvalue weighted by atomic mass is 10.4. The van der Waals surface area contributed by atoms with Gasteiger partial charge in [-0.05, 0) is 18.4 Å². The van der Waals surface area contributed by atoms with Gasteiger partial charge in [0.05, 0.1) is 26.0 Å². The Morgan fingerprint density at radius 1 is 1.53 bits per heavy atom. The second kappa shape index (κ2) is 6.53. The van der Waals surface area contributed by atoms with Gasteiger partial charge in [0.15, 0.2) is 0 Å². The summed E-state index contributed by atoms with van der Waals surface area (Å²) in [6.45, 7) is 0.749. The van der Waals surface area contributed by atoms with Crippen LogP contribution in [0.15, 0.2) is 16.5 Å². The van der Waals surface area contributed by atoms with Crippen LogP contribution in [-0.2, 0) is 21.8 Å². The lowest BCUT2D eigenvalue weighted by Gasteiger charge is -2.00. The van der Waals surface area contributed by atoms with Crippen molar-refractivity contribution in [1.29, 1.82) is 0 Å². The van der Waals surface area contributed by atoms with Gasteiger partial charge in [-0.3, -0.25) is 10.1 Å². The highest BCUT2D eigenvalue weighted by molar-refractivity contribution is 7.97. The molecule has 0 saturated heterocycles. The topological polar surface area (TPSA) is 51.5 Å². The zero-order chi connectivity index (χ0) is 11.1. The van der Waals surface area contributed by atoms with Crippen molar-refractivity contribution in [3.8, 4) is 0 Å². The number of hydrogen-bond donors (Lipinski definition) is 1. The first-order valence-electron chi connectivity index (χ1n) is 4.60. The van der Waals surface area contributed by atoms with Crippen molar-refractivity contribution in [3.63, 3.8) is 0 Å². The van der Waals surface area contributed by atoms with Crippen LogP contribution < -0.4 is 5.32 Å². The van der Waals surface area contributed by atoms with Crippen LogP contribution in [0.5, 0.6) is 0 Å². The minimum Gasteiger partial charge on any atom is -0.468 e. The number of hydrogen-bond acceptors (Lipinski definition) is 5. The molecule has 0 aromatic carbocycles. The normalized spacial score (nSPS) is 10.3. The number of ether oxygens (including phenoxy) is 1. The van der Waals surface area contributed by atoms with E-state index < -0.39 is 0 Å². The van der Waals surface area contributed by atoms with E-state index >= 15 is 0 Å². The van der Waals surface area contributed by atoms with E-state index in [-0.39, 0.29) is 12.5 Å². The van der Waals surface area contributed by atoms with Crippen LogP contribution in [0.25, 0.3) is 0 Å². The highest BCUT2D eigenvalue weighted by Gasteiger charge is 2.03. The van der Waals surface area contributed by atoms with E-state index in [4.69, 9.17) is 4.42 Å². The fourth-order valence-corrected chi connectivity index (χ4v) is 1.54. The van der Waals surface area contributed by atoms with Gasteiger partial charge in [-0.15, -0.1) is 0 Å². The van der Waals surface area contributed by atoms with Crippen LogP contribution >= 0.6 is 11.8 Å². The van der Waals surface area contributed by atoms with Crippen molar-refractivity contribution < 1.29 is 13.9 Å². The summed E-state index contributed by atoms with van der Waals surface area (Å²) >= 11 is 1.71. The summed E-state index contributed by atoms with van der Waals surface area (Å²) < 4.78 is 10.0. The van der Waals surface area contributed by atoms with Gasteiger partial charge in [0.25, 0.3) is 0 Å². The Morgan fingerprint density at radius 2 is 2.27 bits per heavy atom. The molecule has 4 nitrogen and oxygen atoms in total. The fourth-order valence-electron chi connectivity index (χ4n) is 1.10. The maximum Gasteiger partial charge on any atom is 0.319 e. The van der Waals surface area contributed by atoms with Crippen LogP contribution in [0.1, 0.15) is 11.5 Å². The summed E-state index contributed by atoms with van der Waals surface area (Å²) in [6, 6.07) is 3.86. The predicted octanol–water partition coefficient (Wildman–Crippen LogP) is 1.41. The first-order valence-corrected chi connectivity index (χ1v) is 5.99. The third-order valence-electron chi connectivity index (χ3n) is 1.80. The predicted molar refractivity (Wildman–Crippen MR) is 59.6 cm³/mol. The van der Waals surface area contributed by atoms with Crippen molar-refractivity contribution in [2.45, 2.75) is 12.3 Å². The second-order valence-corrected chi connectivity index (χ2v) is 3.85. The molecule has 0 amide bonds. The Balaban J connectivity index is 2.28. The Kier molecular flexibility index (Phi) is 5.28. The Morgan fingerprint density at radius 3 is 2.93 bits per heavy atom. The largest absolute Gasteiger partial charge is 0.468 e. The number of thioether (sulfide) groups is 1. The van der Waals surface area contributed by atoms with Crippen molar-refractivity contribution in [2.24, 2.45) is 0 Å². The summed E-state index contributed by atoms with van der Waals surface area (Å²) in [7, 11) is 1.37. The van der Waals surface area contributed by atoms with Gasteiger partial charge in [0.2, 0.25) is 0 Å². The van der Waals surface area contributed by atoms with Crippen molar-refractivity contribution in [3.05, 3.63) is 23.7 Å². The zero-order valence-corrected chi connectivity index (χ0v) is 9.73. The summed E-state index contributed by atoms with van der Waals surface area (Å²) in [5, 5.41) is 2.93. The van der Waals surface area contributed by atoms with Gasteiger partial charge in [0, 0.05) is 0 Å². The number of methoxy groups -OCH3 is 1. The third kappa shape index (κ3) is 4.40. The molecule has 5 heteroatoms. The zero-order valence-electron chi connectivity index (χ0n) is 8.91. The Hall–Kier alpha value is -0.940. The molecule has 0 bridgehead atoms. The van der Waals surface area contributed by atoms with Gasteiger partial charge >= 0.3 is 5.97 Å². The summed E-state index contributed by atoms with van der Waals surface area (Å²) in [4.78, 5) is 10.8. The van der Waals surface area contributed by atoms with Crippen molar-refractivity contribution in [2.75, 3.05) is 19.9 Å². The molecule has 84 valence electrons. The van der Waals surface area contributed by atoms with Crippen LogP contribution in [0.3, 0.4) is 0 Å². The number of carbonyl (C=O) groups excluding carboxylic acids is 1. The molecule has 1 heterocycles. The maximum atomic E-state index is 10.8. The van der Waals surface area contributed by atoms with Gasteiger partial charge in [-0.25, -0.2) is 0 Å². The van der Waals surface area contributed by atoms with Gasteiger partial charge in [-0.2, -0.15) is 11.8 Å². The second-order valence-electron chi connectivity index (χ2n) is 2.98. The highest BCUT2D eigenvalue weighted by atomic mass is 32.2. The quantitative estimate of drug-likeness (QED) is 0.747. The molecule has 1 rings (SSSR count). The first kappa shape index (κ1) is 12.1. The number of esters is 1. The van der Waals surface area contributed by atoms with Gasteiger partial charge < -0.3 is 9.15 Å². The van der Waals surface area contributed by atoms with Crippen LogP contribution in [0.4, 0.5) is 0 Å². The summed E-state index contributed by atoms with van der Waals surface area (Å²) in [5.74, 6) is 2.39. The molecule has 0 aliphatic rings. The van der Waals surface area contributed by atoms with Crippen LogP contribution in [0, 0.1) is 0 Å². The SMILES string of the molecule is COC(=O)CNCc1ccc(CSC)o1. The molecule has 0 aliphatic carbocycles. The van der Waals surface area contributed by atoms with Crippen LogP contribution in [-0.4, -0.2) is 25.9 Å². The number of rotatable bonds is 6. The molecule has 1 N–H and O–H groups in total. The number of furan rings is 1. The van der Waals surface area contributed by atoms with E-state index in [2.05, 4.69) is 10.1 Å². The average molecular weight is 229 g/mol. The minimum absolute atomic E-state index is 0.203. The molecule has 0 aliphatic heterocycles. The number of carbonyl (C=O) groups is 1. The molecule has 1 aromatic heterocycles. The molecular formula is C10H15NO3S. The van der Waals surface area contributed by atoms with E-state index in [1.807, 2.05) is 18.4 Å². The Bertz CT molecular complexity index is 311. The lowest BCUT2D eigenvalue weighted by molar-refractivity contribution is -0.139. The average Bonchev–Trinajstić information content (AvgIpc) is 2.66.